The number of carbonyl (C=O) groups excluding carboxylic acids is 1. The van der Waals surface area contributed by atoms with Gasteiger partial charge in [0.1, 0.15) is 0 Å². The van der Waals surface area contributed by atoms with Crippen LogP contribution in [0.25, 0.3) is 0 Å². The summed E-state index contributed by atoms with van der Waals surface area (Å²) in [6.07, 6.45) is 5.08. The van der Waals surface area contributed by atoms with Crippen molar-refractivity contribution in [2.75, 3.05) is 7.05 Å². The van der Waals surface area contributed by atoms with Crippen LogP contribution in [-0.2, 0) is 16.1 Å². The quantitative estimate of drug-likeness (QED) is 0.747. The standard InChI is InChI=1S/C13H18N2O3/c1-15(10-11-6-8-14-9-7-11)12(16)4-2-3-5-13(17)18/h6-9H,2-5,10H2,1H3,(H,17,18). The molecule has 0 aliphatic rings. The molecule has 1 amide bonds. The fourth-order valence-corrected chi connectivity index (χ4v) is 1.59. The molecule has 0 aromatic carbocycles. The van der Waals surface area contributed by atoms with Crippen LogP contribution in [-0.4, -0.2) is 33.9 Å². The summed E-state index contributed by atoms with van der Waals surface area (Å²) in [4.78, 5) is 27.6. The highest BCUT2D eigenvalue weighted by Crippen LogP contribution is 2.06. The number of pyridine rings is 1. The van der Waals surface area contributed by atoms with Gasteiger partial charge in [-0.05, 0) is 30.5 Å². The normalized spacial score (nSPS) is 10.1. The predicted molar refractivity (Wildman–Crippen MR) is 66.8 cm³/mol. The molecule has 1 heterocycles. The molecule has 0 aliphatic carbocycles. The molecular formula is C13H18N2O3. The molecule has 1 aromatic heterocycles. The van der Waals surface area contributed by atoms with Crippen molar-refractivity contribution in [3.05, 3.63) is 30.1 Å². The minimum Gasteiger partial charge on any atom is -0.481 e. The average Bonchev–Trinajstić information content (AvgIpc) is 2.35. The maximum atomic E-state index is 11.8. The number of rotatable bonds is 7. The molecule has 0 radical (unpaired) electrons. The van der Waals surface area contributed by atoms with Crippen LogP contribution in [0.4, 0.5) is 0 Å². The molecule has 5 nitrogen and oxygen atoms in total. The molecule has 1 aromatic rings. The fourth-order valence-electron chi connectivity index (χ4n) is 1.59. The topological polar surface area (TPSA) is 70.5 Å². The van der Waals surface area contributed by atoms with Gasteiger partial charge in [0.15, 0.2) is 0 Å². The highest BCUT2D eigenvalue weighted by atomic mass is 16.4. The van der Waals surface area contributed by atoms with Crippen molar-refractivity contribution >= 4 is 11.9 Å². The minimum atomic E-state index is -0.812. The summed E-state index contributed by atoms with van der Waals surface area (Å²) in [7, 11) is 1.75. The molecule has 1 rings (SSSR count). The predicted octanol–water partition coefficient (Wildman–Crippen LogP) is 1.69. The van der Waals surface area contributed by atoms with E-state index < -0.39 is 5.97 Å². The summed E-state index contributed by atoms with van der Waals surface area (Å²) >= 11 is 0. The molecule has 0 aliphatic heterocycles. The van der Waals surface area contributed by atoms with Crippen molar-refractivity contribution < 1.29 is 14.7 Å². The van der Waals surface area contributed by atoms with Gasteiger partial charge in [-0.1, -0.05) is 0 Å². The molecule has 0 saturated carbocycles. The number of aromatic nitrogens is 1. The van der Waals surface area contributed by atoms with Crippen molar-refractivity contribution in [1.82, 2.24) is 9.88 Å². The number of hydrogen-bond acceptors (Lipinski definition) is 3. The van der Waals surface area contributed by atoms with Crippen molar-refractivity contribution in [2.45, 2.75) is 32.2 Å². The lowest BCUT2D eigenvalue weighted by atomic mass is 10.1. The highest BCUT2D eigenvalue weighted by molar-refractivity contribution is 5.75. The van der Waals surface area contributed by atoms with E-state index in [1.54, 1.807) is 24.3 Å². The van der Waals surface area contributed by atoms with E-state index in [-0.39, 0.29) is 12.3 Å². The molecule has 98 valence electrons. The third-order valence-electron chi connectivity index (χ3n) is 2.63. The summed E-state index contributed by atoms with van der Waals surface area (Å²) in [5, 5.41) is 8.48. The largest absolute Gasteiger partial charge is 0.481 e. The Labute approximate surface area is 106 Å². The molecule has 0 spiro atoms. The number of carboxylic acid groups (broad SMARTS) is 1. The van der Waals surface area contributed by atoms with Gasteiger partial charge in [-0.15, -0.1) is 0 Å². The molecular weight excluding hydrogens is 232 g/mol. The van der Waals surface area contributed by atoms with Crippen molar-refractivity contribution in [1.29, 1.82) is 0 Å². The van der Waals surface area contributed by atoms with Gasteiger partial charge >= 0.3 is 5.97 Å². The molecule has 18 heavy (non-hydrogen) atoms. The van der Waals surface area contributed by atoms with Crippen molar-refractivity contribution in [3.8, 4) is 0 Å². The lowest BCUT2D eigenvalue weighted by Gasteiger charge is -2.17. The summed E-state index contributed by atoms with van der Waals surface area (Å²) in [6, 6.07) is 3.74. The van der Waals surface area contributed by atoms with Crippen LogP contribution < -0.4 is 0 Å². The Hall–Kier alpha value is -1.91. The first kappa shape index (κ1) is 14.2. The van der Waals surface area contributed by atoms with E-state index in [0.29, 0.717) is 25.8 Å². The monoisotopic (exact) mass is 250 g/mol. The van der Waals surface area contributed by atoms with Crippen LogP contribution in [0.3, 0.4) is 0 Å². The number of aliphatic carboxylic acids is 1. The molecule has 0 bridgehead atoms. The van der Waals surface area contributed by atoms with Gasteiger partial charge in [0.25, 0.3) is 0 Å². The van der Waals surface area contributed by atoms with Crippen molar-refractivity contribution in [2.24, 2.45) is 0 Å². The van der Waals surface area contributed by atoms with Gasteiger partial charge < -0.3 is 10.0 Å². The zero-order valence-electron chi connectivity index (χ0n) is 10.5. The van der Waals surface area contributed by atoms with Gasteiger partial charge in [0, 0.05) is 38.8 Å². The number of carboxylic acids is 1. The van der Waals surface area contributed by atoms with Crippen LogP contribution >= 0.6 is 0 Å². The van der Waals surface area contributed by atoms with E-state index in [9.17, 15) is 9.59 Å². The number of unbranched alkanes of at least 4 members (excludes halogenated alkanes) is 1. The molecule has 1 N–H and O–H groups in total. The second-order valence-electron chi connectivity index (χ2n) is 4.21. The minimum absolute atomic E-state index is 0.0391. The Morgan fingerprint density at radius 1 is 1.22 bits per heavy atom. The lowest BCUT2D eigenvalue weighted by Crippen LogP contribution is -2.25. The van der Waals surface area contributed by atoms with Crippen LogP contribution in [0.15, 0.2) is 24.5 Å². The van der Waals surface area contributed by atoms with E-state index in [2.05, 4.69) is 4.98 Å². The summed E-state index contributed by atoms with van der Waals surface area (Å²) in [5.41, 5.74) is 1.03. The first-order chi connectivity index (χ1) is 8.59. The smallest absolute Gasteiger partial charge is 0.303 e. The second kappa shape index (κ2) is 7.42. The zero-order chi connectivity index (χ0) is 13.4. The summed E-state index contributed by atoms with van der Waals surface area (Å²) in [5.74, 6) is -0.773. The van der Waals surface area contributed by atoms with Gasteiger partial charge in [-0.2, -0.15) is 0 Å². The third-order valence-corrected chi connectivity index (χ3v) is 2.63. The first-order valence-corrected chi connectivity index (χ1v) is 5.94. The fraction of sp³-hybridized carbons (Fsp3) is 0.462. The Kier molecular flexibility index (Phi) is 5.84. The number of nitrogens with zero attached hydrogens (tertiary/aromatic N) is 2. The second-order valence-corrected chi connectivity index (χ2v) is 4.21. The highest BCUT2D eigenvalue weighted by Gasteiger charge is 2.09. The van der Waals surface area contributed by atoms with Gasteiger partial charge in [-0.25, -0.2) is 0 Å². The summed E-state index contributed by atoms with van der Waals surface area (Å²) in [6.45, 7) is 0.556. The van der Waals surface area contributed by atoms with Crippen LogP contribution in [0.5, 0.6) is 0 Å². The van der Waals surface area contributed by atoms with E-state index >= 15 is 0 Å². The number of amides is 1. The maximum absolute atomic E-state index is 11.8. The third kappa shape index (κ3) is 5.43. The van der Waals surface area contributed by atoms with E-state index in [4.69, 9.17) is 5.11 Å². The van der Waals surface area contributed by atoms with Crippen LogP contribution in [0.2, 0.25) is 0 Å². The molecule has 0 atom stereocenters. The first-order valence-electron chi connectivity index (χ1n) is 5.94. The Morgan fingerprint density at radius 3 is 2.44 bits per heavy atom. The van der Waals surface area contributed by atoms with E-state index in [1.165, 1.54) is 0 Å². The van der Waals surface area contributed by atoms with Crippen LogP contribution in [0, 0.1) is 0 Å². The Balaban J connectivity index is 2.27. The van der Waals surface area contributed by atoms with Crippen LogP contribution in [0.1, 0.15) is 31.2 Å². The Morgan fingerprint density at radius 2 is 1.83 bits per heavy atom. The van der Waals surface area contributed by atoms with Crippen molar-refractivity contribution in [3.63, 3.8) is 0 Å². The molecule has 0 fully saturated rings. The Bertz CT molecular complexity index is 392. The lowest BCUT2D eigenvalue weighted by molar-refractivity contribution is -0.137. The zero-order valence-corrected chi connectivity index (χ0v) is 10.5. The van der Waals surface area contributed by atoms with Gasteiger partial charge in [0.2, 0.25) is 5.91 Å². The molecule has 0 saturated heterocycles. The molecule has 5 heteroatoms. The molecule has 0 unspecified atom stereocenters. The van der Waals surface area contributed by atoms with E-state index in [1.807, 2.05) is 12.1 Å². The maximum Gasteiger partial charge on any atom is 0.303 e. The number of carbonyl (C=O) groups is 2. The van der Waals surface area contributed by atoms with Gasteiger partial charge in [0.05, 0.1) is 0 Å². The van der Waals surface area contributed by atoms with E-state index in [0.717, 1.165) is 5.56 Å². The summed E-state index contributed by atoms with van der Waals surface area (Å²) < 4.78 is 0. The number of hydrogen-bond donors (Lipinski definition) is 1. The van der Waals surface area contributed by atoms with Gasteiger partial charge in [-0.3, -0.25) is 14.6 Å². The SMILES string of the molecule is CN(Cc1ccncc1)C(=O)CCCCC(=O)O. The average molecular weight is 250 g/mol.